The van der Waals surface area contributed by atoms with Gasteiger partial charge in [-0.1, -0.05) is 90.5 Å². The molecule has 0 heterocycles. The zero-order valence-electron chi connectivity index (χ0n) is 14.2. The lowest BCUT2D eigenvalue weighted by atomic mass is 10.1. The first kappa shape index (κ1) is 16.5. The highest BCUT2D eigenvalue weighted by molar-refractivity contribution is 5.73. The second-order valence-electron chi connectivity index (χ2n) is 5.98. The number of hydrogen-bond donors (Lipinski definition) is 0. The maximum atomic E-state index is 8.82. The van der Waals surface area contributed by atoms with Crippen LogP contribution in [0, 0.1) is 18.3 Å². The Morgan fingerprint density at radius 1 is 0.640 bits per heavy atom. The predicted molar refractivity (Wildman–Crippen MR) is 107 cm³/mol. The van der Waals surface area contributed by atoms with Crippen LogP contribution in [-0.2, 0) is 0 Å². The highest BCUT2D eigenvalue weighted by Crippen LogP contribution is 2.13. The first-order valence-corrected chi connectivity index (χ1v) is 8.26. The van der Waals surface area contributed by atoms with E-state index in [1.165, 1.54) is 16.7 Å². The summed E-state index contributed by atoms with van der Waals surface area (Å²) in [6, 6.07) is 26.6. The average Bonchev–Trinajstić information content (AvgIpc) is 2.66. The van der Waals surface area contributed by atoms with Gasteiger partial charge in [0.05, 0.1) is 11.6 Å². The molecule has 1 nitrogen and oxygen atoms in total. The fourth-order valence-corrected chi connectivity index (χ4v) is 2.55. The highest BCUT2D eigenvalue weighted by atomic mass is 14.2. The van der Waals surface area contributed by atoms with Crippen LogP contribution in [-0.4, -0.2) is 0 Å². The molecule has 0 radical (unpaired) electrons. The Kier molecular flexibility index (Phi) is 5.24. The molecule has 0 N–H and O–H groups in total. The van der Waals surface area contributed by atoms with Crippen LogP contribution in [0.1, 0.15) is 33.4 Å². The van der Waals surface area contributed by atoms with Gasteiger partial charge < -0.3 is 0 Å². The third kappa shape index (κ3) is 4.80. The lowest BCUT2D eigenvalue weighted by molar-refractivity contribution is 1.46. The van der Waals surface area contributed by atoms with Crippen LogP contribution in [0.15, 0.2) is 72.8 Å². The van der Waals surface area contributed by atoms with Crippen LogP contribution in [0.2, 0.25) is 0 Å². The molecule has 3 rings (SSSR count). The van der Waals surface area contributed by atoms with E-state index in [4.69, 9.17) is 5.26 Å². The summed E-state index contributed by atoms with van der Waals surface area (Å²) in [5.41, 5.74) is 6.58. The van der Waals surface area contributed by atoms with Crippen molar-refractivity contribution in [2.45, 2.75) is 6.92 Å². The molecular formula is C24H19N. The highest BCUT2D eigenvalue weighted by Gasteiger charge is 1.92. The molecule has 1 heteroatoms. The number of benzene rings is 3. The predicted octanol–water partition coefficient (Wildman–Crippen LogP) is 6.21. The van der Waals surface area contributed by atoms with E-state index in [9.17, 15) is 0 Å². The topological polar surface area (TPSA) is 23.8 Å². The summed E-state index contributed by atoms with van der Waals surface area (Å²) in [6.45, 7) is 2.10. The number of hydrogen-bond acceptors (Lipinski definition) is 1. The molecule has 3 aromatic rings. The fraction of sp³-hybridized carbons (Fsp3) is 0.0417. The molecular weight excluding hydrogens is 302 g/mol. The van der Waals surface area contributed by atoms with Crippen LogP contribution in [0.4, 0.5) is 0 Å². The largest absolute Gasteiger partial charge is 0.192 e. The Labute approximate surface area is 149 Å². The lowest BCUT2D eigenvalue weighted by Gasteiger charge is -1.98. The van der Waals surface area contributed by atoms with Crippen LogP contribution in [0.5, 0.6) is 0 Å². The average molecular weight is 321 g/mol. The van der Waals surface area contributed by atoms with Crippen LogP contribution in [0.25, 0.3) is 24.3 Å². The molecule has 0 saturated carbocycles. The summed E-state index contributed by atoms with van der Waals surface area (Å²) < 4.78 is 0. The van der Waals surface area contributed by atoms with Crippen LogP contribution < -0.4 is 0 Å². The van der Waals surface area contributed by atoms with E-state index < -0.39 is 0 Å². The first-order chi connectivity index (χ1) is 12.2. The van der Waals surface area contributed by atoms with Gasteiger partial charge in [-0.25, -0.2) is 0 Å². The standard InChI is InChI=1S/C24H19N/c1-19-3-2-4-23(17-19)14-11-21-8-5-20(6-9-21)7-10-22-12-15-24(18-25)16-13-22/h2-17H,1H3/b10-7+,14-11+. The van der Waals surface area contributed by atoms with Gasteiger partial charge in [0.15, 0.2) is 0 Å². The Hall–Kier alpha value is -3.37. The van der Waals surface area contributed by atoms with Crippen molar-refractivity contribution in [3.05, 3.63) is 106 Å². The molecule has 3 aromatic carbocycles. The van der Waals surface area contributed by atoms with Crippen molar-refractivity contribution in [3.8, 4) is 6.07 Å². The summed E-state index contributed by atoms with van der Waals surface area (Å²) in [6.07, 6.45) is 8.39. The minimum absolute atomic E-state index is 0.682. The molecule has 0 unspecified atom stereocenters. The molecule has 120 valence electrons. The summed E-state index contributed by atoms with van der Waals surface area (Å²) >= 11 is 0. The van der Waals surface area contributed by atoms with E-state index in [-0.39, 0.29) is 0 Å². The molecule has 0 atom stereocenters. The monoisotopic (exact) mass is 321 g/mol. The van der Waals surface area contributed by atoms with Gasteiger partial charge in [0.1, 0.15) is 0 Å². The molecule has 0 amide bonds. The number of rotatable bonds is 4. The quantitative estimate of drug-likeness (QED) is 0.524. The van der Waals surface area contributed by atoms with Gasteiger partial charge >= 0.3 is 0 Å². The van der Waals surface area contributed by atoms with Gasteiger partial charge in [-0.05, 0) is 41.3 Å². The Balaban J connectivity index is 1.67. The van der Waals surface area contributed by atoms with Gasteiger partial charge in [-0.15, -0.1) is 0 Å². The third-order valence-corrected chi connectivity index (χ3v) is 3.95. The number of nitrogens with zero attached hydrogens (tertiary/aromatic N) is 1. The van der Waals surface area contributed by atoms with Crippen LogP contribution >= 0.6 is 0 Å². The molecule has 0 aliphatic heterocycles. The smallest absolute Gasteiger partial charge is 0.0991 e. The maximum Gasteiger partial charge on any atom is 0.0991 e. The molecule has 0 bridgehead atoms. The van der Waals surface area contributed by atoms with E-state index in [0.29, 0.717) is 5.56 Å². The summed E-state index contributed by atoms with van der Waals surface area (Å²) in [7, 11) is 0. The minimum atomic E-state index is 0.682. The molecule has 0 spiro atoms. The molecule has 0 saturated heterocycles. The second kappa shape index (κ2) is 7.95. The van der Waals surface area contributed by atoms with E-state index in [1.807, 2.05) is 24.3 Å². The van der Waals surface area contributed by atoms with Crippen molar-refractivity contribution in [2.75, 3.05) is 0 Å². The summed E-state index contributed by atoms with van der Waals surface area (Å²) in [5, 5.41) is 8.82. The number of aryl methyl sites for hydroxylation is 1. The van der Waals surface area contributed by atoms with Gasteiger partial charge in [0.2, 0.25) is 0 Å². The summed E-state index contributed by atoms with van der Waals surface area (Å²) in [5.74, 6) is 0. The molecule has 0 fully saturated rings. The van der Waals surface area contributed by atoms with Crippen molar-refractivity contribution in [2.24, 2.45) is 0 Å². The summed E-state index contributed by atoms with van der Waals surface area (Å²) in [4.78, 5) is 0. The van der Waals surface area contributed by atoms with Crippen molar-refractivity contribution < 1.29 is 0 Å². The Morgan fingerprint density at radius 2 is 1.12 bits per heavy atom. The Bertz CT molecular complexity index is 937. The van der Waals surface area contributed by atoms with Gasteiger partial charge in [-0.3, -0.25) is 0 Å². The van der Waals surface area contributed by atoms with Gasteiger partial charge in [0.25, 0.3) is 0 Å². The number of nitriles is 1. The molecule has 0 aromatic heterocycles. The molecule has 25 heavy (non-hydrogen) atoms. The van der Waals surface area contributed by atoms with Crippen molar-refractivity contribution in [3.63, 3.8) is 0 Å². The molecule has 0 aliphatic carbocycles. The molecule has 0 aliphatic rings. The van der Waals surface area contributed by atoms with Crippen molar-refractivity contribution in [1.29, 1.82) is 5.26 Å². The van der Waals surface area contributed by atoms with E-state index in [1.54, 1.807) is 0 Å². The van der Waals surface area contributed by atoms with E-state index in [0.717, 1.165) is 11.1 Å². The first-order valence-electron chi connectivity index (χ1n) is 8.26. The van der Waals surface area contributed by atoms with Gasteiger partial charge in [0, 0.05) is 0 Å². The normalized spacial score (nSPS) is 11.0. The third-order valence-electron chi connectivity index (χ3n) is 3.95. The SMILES string of the molecule is Cc1cccc(/C=C/c2ccc(/C=C/c3ccc(C#N)cc3)cc2)c1. The van der Waals surface area contributed by atoms with Gasteiger partial charge in [-0.2, -0.15) is 5.26 Å². The fourth-order valence-electron chi connectivity index (χ4n) is 2.55. The zero-order chi connectivity index (χ0) is 17.5. The maximum absolute atomic E-state index is 8.82. The minimum Gasteiger partial charge on any atom is -0.192 e. The lowest BCUT2D eigenvalue weighted by Crippen LogP contribution is -1.77. The van der Waals surface area contributed by atoms with E-state index >= 15 is 0 Å². The van der Waals surface area contributed by atoms with Crippen molar-refractivity contribution in [1.82, 2.24) is 0 Å². The van der Waals surface area contributed by atoms with Crippen molar-refractivity contribution >= 4 is 24.3 Å². The second-order valence-corrected chi connectivity index (χ2v) is 5.98. The zero-order valence-corrected chi connectivity index (χ0v) is 14.2. The Morgan fingerprint density at radius 3 is 1.60 bits per heavy atom. The van der Waals surface area contributed by atoms with E-state index in [2.05, 4.69) is 85.8 Å². The van der Waals surface area contributed by atoms with Crippen LogP contribution in [0.3, 0.4) is 0 Å².